The van der Waals surface area contributed by atoms with Crippen molar-refractivity contribution in [1.29, 1.82) is 0 Å². The standard InChI is InChI=1S/C20H21N5O2/c26-20(23-19-7-3-4-8-21-19)27-25-11-9-24(10-12-25)15-16-13-17-5-1-2-6-18(17)22-14-16/h1-8,13-14H,9-12,15H2,(H,21,23,26). The summed E-state index contributed by atoms with van der Waals surface area (Å²) in [4.78, 5) is 28.2. The molecule has 0 saturated carbocycles. The molecule has 2 aromatic heterocycles. The van der Waals surface area contributed by atoms with Crippen LogP contribution >= 0.6 is 0 Å². The molecular formula is C20H21N5O2. The Morgan fingerprint density at radius 2 is 1.85 bits per heavy atom. The number of pyridine rings is 2. The van der Waals surface area contributed by atoms with Gasteiger partial charge in [-0.05, 0) is 29.8 Å². The number of hydroxylamine groups is 2. The van der Waals surface area contributed by atoms with Crippen LogP contribution in [0.5, 0.6) is 0 Å². The minimum Gasteiger partial charge on any atom is -0.351 e. The van der Waals surface area contributed by atoms with Crippen molar-refractivity contribution in [2.45, 2.75) is 6.54 Å². The van der Waals surface area contributed by atoms with E-state index in [9.17, 15) is 4.79 Å². The number of piperazine rings is 1. The molecular weight excluding hydrogens is 342 g/mol. The van der Waals surface area contributed by atoms with Crippen LogP contribution in [-0.4, -0.2) is 52.2 Å². The van der Waals surface area contributed by atoms with Gasteiger partial charge in [-0.3, -0.25) is 15.2 Å². The number of hydrogen-bond donors (Lipinski definition) is 1. The van der Waals surface area contributed by atoms with Gasteiger partial charge in [-0.2, -0.15) is 0 Å². The Kier molecular flexibility index (Phi) is 5.22. The summed E-state index contributed by atoms with van der Waals surface area (Å²) in [5.41, 5.74) is 2.20. The van der Waals surface area contributed by atoms with Crippen LogP contribution in [0.4, 0.5) is 10.6 Å². The Hall–Kier alpha value is -3.03. The highest BCUT2D eigenvalue weighted by atomic mass is 16.7. The first-order chi connectivity index (χ1) is 13.3. The monoisotopic (exact) mass is 363 g/mol. The van der Waals surface area contributed by atoms with Crippen LogP contribution in [0.2, 0.25) is 0 Å². The van der Waals surface area contributed by atoms with E-state index in [1.54, 1.807) is 23.4 Å². The maximum atomic E-state index is 11.9. The van der Waals surface area contributed by atoms with Crippen LogP contribution in [0, 0.1) is 0 Å². The fourth-order valence-corrected chi connectivity index (χ4v) is 3.12. The predicted molar refractivity (Wildman–Crippen MR) is 103 cm³/mol. The number of rotatable bonds is 4. The summed E-state index contributed by atoms with van der Waals surface area (Å²) in [5, 5.41) is 5.47. The normalized spacial score (nSPS) is 15.6. The van der Waals surface area contributed by atoms with Crippen LogP contribution in [-0.2, 0) is 11.4 Å². The second-order valence-electron chi connectivity index (χ2n) is 6.46. The zero-order valence-electron chi connectivity index (χ0n) is 14.9. The number of nitrogens with zero attached hydrogens (tertiary/aromatic N) is 4. The van der Waals surface area contributed by atoms with Gasteiger partial charge < -0.3 is 4.84 Å². The summed E-state index contributed by atoms with van der Waals surface area (Å²) >= 11 is 0. The predicted octanol–water partition coefficient (Wildman–Crippen LogP) is 2.91. The van der Waals surface area contributed by atoms with Gasteiger partial charge in [0, 0.05) is 50.5 Å². The van der Waals surface area contributed by atoms with Gasteiger partial charge in [0.25, 0.3) is 0 Å². The van der Waals surface area contributed by atoms with E-state index in [0.717, 1.165) is 30.5 Å². The number of carbonyl (C=O) groups is 1. The Bertz CT molecular complexity index is 910. The average Bonchev–Trinajstić information content (AvgIpc) is 2.70. The quantitative estimate of drug-likeness (QED) is 0.769. The molecule has 1 saturated heterocycles. The lowest BCUT2D eigenvalue weighted by molar-refractivity contribution is -0.119. The van der Waals surface area contributed by atoms with Gasteiger partial charge in [-0.25, -0.2) is 9.78 Å². The van der Waals surface area contributed by atoms with E-state index in [1.165, 1.54) is 5.56 Å². The second-order valence-corrected chi connectivity index (χ2v) is 6.46. The highest BCUT2D eigenvalue weighted by Gasteiger charge is 2.20. The molecule has 138 valence electrons. The number of anilines is 1. The molecule has 3 aromatic rings. The van der Waals surface area contributed by atoms with E-state index in [-0.39, 0.29) is 0 Å². The lowest BCUT2D eigenvalue weighted by atomic mass is 10.1. The average molecular weight is 363 g/mol. The molecule has 1 aromatic carbocycles. The zero-order valence-corrected chi connectivity index (χ0v) is 14.9. The summed E-state index contributed by atoms with van der Waals surface area (Å²) < 4.78 is 0. The van der Waals surface area contributed by atoms with Crippen molar-refractivity contribution in [3.63, 3.8) is 0 Å². The molecule has 1 fully saturated rings. The number of nitrogens with one attached hydrogen (secondary N) is 1. The summed E-state index contributed by atoms with van der Waals surface area (Å²) in [6, 6.07) is 15.6. The van der Waals surface area contributed by atoms with E-state index in [0.29, 0.717) is 18.9 Å². The van der Waals surface area contributed by atoms with Crippen LogP contribution < -0.4 is 5.32 Å². The molecule has 0 spiro atoms. The maximum Gasteiger partial charge on any atom is 0.431 e. The number of amides is 1. The first-order valence-electron chi connectivity index (χ1n) is 8.97. The molecule has 0 radical (unpaired) electrons. The number of carbonyl (C=O) groups excluding carboxylic acids is 1. The highest BCUT2D eigenvalue weighted by molar-refractivity contribution is 5.83. The fraction of sp³-hybridized carbons (Fsp3) is 0.250. The first-order valence-corrected chi connectivity index (χ1v) is 8.97. The van der Waals surface area contributed by atoms with Crippen molar-refractivity contribution >= 4 is 22.8 Å². The molecule has 1 N–H and O–H groups in total. The molecule has 0 atom stereocenters. The molecule has 0 unspecified atom stereocenters. The van der Waals surface area contributed by atoms with E-state index < -0.39 is 6.09 Å². The Labute approximate surface area is 157 Å². The minimum atomic E-state index is -0.513. The van der Waals surface area contributed by atoms with Crippen molar-refractivity contribution in [2.24, 2.45) is 0 Å². The molecule has 27 heavy (non-hydrogen) atoms. The molecule has 7 heteroatoms. The number of fused-ring (bicyclic) bond motifs is 1. The summed E-state index contributed by atoms with van der Waals surface area (Å²) in [6.45, 7) is 3.81. The van der Waals surface area contributed by atoms with E-state index in [2.05, 4.69) is 32.3 Å². The number of hydrogen-bond acceptors (Lipinski definition) is 6. The van der Waals surface area contributed by atoms with Crippen molar-refractivity contribution in [3.8, 4) is 0 Å². The lowest BCUT2D eigenvalue weighted by Crippen LogP contribution is -2.47. The number of aromatic nitrogens is 2. The smallest absolute Gasteiger partial charge is 0.351 e. The Balaban J connectivity index is 1.26. The molecule has 4 rings (SSSR count). The van der Waals surface area contributed by atoms with Crippen LogP contribution in [0.1, 0.15) is 5.56 Å². The van der Waals surface area contributed by atoms with Crippen LogP contribution in [0.3, 0.4) is 0 Å². The SMILES string of the molecule is O=C(Nc1ccccn1)ON1CCN(Cc2cnc3ccccc3c2)CC1. The van der Waals surface area contributed by atoms with Gasteiger partial charge in [0.1, 0.15) is 5.82 Å². The minimum absolute atomic E-state index is 0.477. The third-order valence-electron chi connectivity index (χ3n) is 4.49. The Morgan fingerprint density at radius 3 is 2.67 bits per heavy atom. The molecule has 1 aliphatic rings. The summed E-state index contributed by atoms with van der Waals surface area (Å²) in [7, 11) is 0. The maximum absolute atomic E-state index is 11.9. The van der Waals surface area contributed by atoms with Gasteiger partial charge in [0.05, 0.1) is 5.52 Å². The summed E-state index contributed by atoms with van der Waals surface area (Å²) in [6.07, 6.45) is 3.04. The number of benzene rings is 1. The second kappa shape index (κ2) is 8.11. The van der Waals surface area contributed by atoms with Crippen molar-refractivity contribution in [3.05, 3.63) is 66.5 Å². The highest BCUT2D eigenvalue weighted by Crippen LogP contribution is 2.15. The molecule has 0 bridgehead atoms. The van der Waals surface area contributed by atoms with Crippen molar-refractivity contribution in [2.75, 3.05) is 31.5 Å². The topological polar surface area (TPSA) is 70.6 Å². The van der Waals surface area contributed by atoms with Gasteiger partial charge in [0.2, 0.25) is 0 Å². The van der Waals surface area contributed by atoms with Gasteiger partial charge in [0.15, 0.2) is 0 Å². The molecule has 1 amide bonds. The third kappa shape index (κ3) is 4.58. The molecule has 3 heterocycles. The first kappa shape index (κ1) is 17.4. The molecule has 0 aliphatic carbocycles. The van der Waals surface area contributed by atoms with E-state index in [4.69, 9.17) is 4.84 Å². The van der Waals surface area contributed by atoms with Crippen molar-refractivity contribution in [1.82, 2.24) is 19.9 Å². The van der Waals surface area contributed by atoms with Gasteiger partial charge in [-0.15, -0.1) is 5.06 Å². The van der Waals surface area contributed by atoms with E-state index >= 15 is 0 Å². The molecule has 1 aliphatic heterocycles. The third-order valence-corrected chi connectivity index (χ3v) is 4.49. The lowest BCUT2D eigenvalue weighted by Gasteiger charge is -2.33. The summed E-state index contributed by atoms with van der Waals surface area (Å²) in [5.74, 6) is 0.477. The molecule has 7 nitrogen and oxygen atoms in total. The van der Waals surface area contributed by atoms with Crippen molar-refractivity contribution < 1.29 is 9.63 Å². The van der Waals surface area contributed by atoms with Gasteiger partial charge in [-0.1, -0.05) is 24.3 Å². The van der Waals surface area contributed by atoms with E-state index in [1.807, 2.05) is 30.5 Å². The zero-order chi connectivity index (χ0) is 18.5. The van der Waals surface area contributed by atoms with Gasteiger partial charge >= 0.3 is 6.09 Å². The fourth-order valence-electron chi connectivity index (χ4n) is 3.12. The van der Waals surface area contributed by atoms with Crippen LogP contribution in [0.25, 0.3) is 10.9 Å². The Morgan fingerprint density at radius 1 is 1.04 bits per heavy atom. The van der Waals surface area contributed by atoms with Crippen LogP contribution in [0.15, 0.2) is 60.9 Å². The largest absolute Gasteiger partial charge is 0.431 e. The number of para-hydroxylation sites is 1.